The Labute approximate surface area is 119 Å². The first-order chi connectivity index (χ1) is 9.85. The number of ether oxygens (including phenoxy) is 1. The van der Waals surface area contributed by atoms with E-state index in [9.17, 15) is 0 Å². The Bertz CT molecular complexity index is 553. The second-order valence-electron chi connectivity index (χ2n) is 5.22. The molecule has 1 fully saturated rings. The molecule has 20 heavy (non-hydrogen) atoms. The number of hydrogen-bond acceptors (Lipinski definition) is 4. The monoisotopic (exact) mass is 269 g/mol. The van der Waals surface area contributed by atoms with Gasteiger partial charge in [-0.15, -0.1) is 0 Å². The van der Waals surface area contributed by atoms with Gasteiger partial charge in [0.1, 0.15) is 12.1 Å². The fraction of sp³-hybridized carbons (Fsp3) is 0.375. The third-order valence-electron chi connectivity index (χ3n) is 3.92. The van der Waals surface area contributed by atoms with Gasteiger partial charge in [-0.2, -0.15) is 0 Å². The van der Waals surface area contributed by atoms with Gasteiger partial charge in [0.2, 0.25) is 0 Å². The summed E-state index contributed by atoms with van der Waals surface area (Å²) in [6, 6.07) is 10.9. The highest BCUT2D eigenvalue weighted by atomic mass is 16.5. The highest BCUT2D eigenvalue weighted by molar-refractivity contribution is 5.32. The van der Waals surface area contributed by atoms with Crippen LogP contribution in [-0.2, 0) is 6.54 Å². The van der Waals surface area contributed by atoms with Crippen LogP contribution in [0, 0.1) is 0 Å². The zero-order chi connectivity index (χ0) is 13.8. The lowest BCUT2D eigenvalue weighted by Gasteiger charge is -2.36. The molecule has 0 bridgehead atoms. The molecule has 4 heteroatoms. The topological polar surface area (TPSA) is 47.0 Å². The van der Waals surface area contributed by atoms with Gasteiger partial charge < -0.3 is 10.1 Å². The highest BCUT2D eigenvalue weighted by Crippen LogP contribution is 2.37. The number of nitrogens with zero attached hydrogens (tertiary/aromatic N) is 2. The molecule has 0 saturated heterocycles. The molecule has 1 aromatic carbocycles. The number of rotatable bonds is 5. The molecule has 1 N–H and O–H groups in total. The molecule has 0 radical (unpaired) electrons. The van der Waals surface area contributed by atoms with Gasteiger partial charge in [0.25, 0.3) is 0 Å². The van der Waals surface area contributed by atoms with E-state index in [2.05, 4.69) is 33.5 Å². The van der Waals surface area contributed by atoms with Crippen molar-refractivity contribution >= 4 is 0 Å². The van der Waals surface area contributed by atoms with Gasteiger partial charge in [-0.1, -0.05) is 12.1 Å². The quantitative estimate of drug-likeness (QED) is 0.906. The fourth-order valence-corrected chi connectivity index (χ4v) is 2.62. The van der Waals surface area contributed by atoms with Crippen LogP contribution >= 0.6 is 0 Å². The molecule has 104 valence electrons. The van der Waals surface area contributed by atoms with Crippen molar-refractivity contribution in [3.63, 3.8) is 0 Å². The first kappa shape index (κ1) is 13.1. The summed E-state index contributed by atoms with van der Waals surface area (Å²) in [4.78, 5) is 8.14. The third kappa shape index (κ3) is 2.96. The highest BCUT2D eigenvalue weighted by Gasteiger charge is 2.29. The maximum atomic E-state index is 5.28. The van der Waals surface area contributed by atoms with Crippen molar-refractivity contribution in [2.45, 2.75) is 31.3 Å². The molecule has 1 aliphatic carbocycles. The van der Waals surface area contributed by atoms with E-state index in [1.807, 2.05) is 12.1 Å². The van der Waals surface area contributed by atoms with E-state index in [0.717, 1.165) is 18.0 Å². The van der Waals surface area contributed by atoms with E-state index in [4.69, 9.17) is 4.74 Å². The van der Waals surface area contributed by atoms with Crippen LogP contribution in [0.1, 0.15) is 30.0 Å². The van der Waals surface area contributed by atoms with Crippen molar-refractivity contribution < 1.29 is 4.74 Å². The van der Waals surface area contributed by atoms with Gasteiger partial charge in [-0.3, -0.25) is 0 Å². The van der Waals surface area contributed by atoms with Crippen LogP contribution in [-0.4, -0.2) is 23.1 Å². The summed E-state index contributed by atoms with van der Waals surface area (Å²) >= 11 is 0. The van der Waals surface area contributed by atoms with Crippen LogP contribution < -0.4 is 10.1 Å². The molecule has 1 aromatic heterocycles. The largest absolute Gasteiger partial charge is 0.497 e. The van der Waals surface area contributed by atoms with Gasteiger partial charge in [0.05, 0.1) is 12.8 Å². The van der Waals surface area contributed by atoms with Crippen molar-refractivity contribution in [3.8, 4) is 5.75 Å². The molecule has 3 rings (SSSR count). The van der Waals surface area contributed by atoms with Crippen molar-refractivity contribution in [2.75, 3.05) is 7.11 Å². The lowest BCUT2D eigenvalue weighted by molar-refractivity contribution is 0.288. The number of methoxy groups -OCH3 is 1. The first-order valence-electron chi connectivity index (χ1n) is 6.97. The summed E-state index contributed by atoms with van der Waals surface area (Å²) in [5.41, 5.74) is 2.43. The number of benzene rings is 1. The second kappa shape index (κ2) is 6.01. The molecule has 1 aliphatic rings. The van der Waals surface area contributed by atoms with Crippen LogP contribution in [0.15, 0.2) is 42.9 Å². The average molecular weight is 269 g/mol. The lowest BCUT2D eigenvalue weighted by Crippen LogP contribution is -2.39. The van der Waals surface area contributed by atoms with E-state index in [1.54, 1.807) is 19.6 Å². The van der Waals surface area contributed by atoms with Crippen molar-refractivity contribution in [3.05, 3.63) is 54.1 Å². The van der Waals surface area contributed by atoms with Gasteiger partial charge in [0.15, 0.2) is 0 Å². The summed E-state index contributed by atoms with van der Waals surface area (Å²) < 4.78 is 5.28. The van der Waals surface area contributed by atoms with Gasteiger partial charge in [-0.05, 0) is 42.5 Å². The fourth-order valence-electron chi connectivity index (χ4n) is 2.62. The average Bonchev–Trinajstić information content (AvgIpc) is 2.47. The van der Waals surface area contributed by atoms with Gasteiger partial charge >= 0.3 is 0 Å². The lowest BCUT2D eigenvalue weighted by atomic mass is 9.76. The number of aromatic nitrogens is 2. The zero-order valence-electron chi connectivity index (χ0n) is 11.6. The molecular formula is C16H19N3O. The Morgan fingerprint density at radius 3 is 2.95 bits per heavy atom. The van der Waals surface area contributed by atoms with E-state index in [0.29, 0.717) is 12.0 Å². The van der Waals surface area contributed by atoms with Crippen LogP contribution in [0.2, 0.25) is 0 Å². The number of hydrogen-bond donors (Lipinski definition) is 1. The minimum Gasteiger partial charge on any atom is -0.497 e. The summed E-state index contributed by atoms with van der Waals surface area (Å²) in [5, 5.41) is 3.54. The normalized spacial score (nSPS) is 21.2. The SMILES string of the molecule is COc1cccc(C2CC(NCc3ccncn3)C2)c1. The maximum absolute atomic E-state index is 5.28. The Morgan fingerprint density at radius 1 is 1.30 bits per heavy atom. The maximum Gasteiger partial charge on any atom is 0.119 e. The van der Waals surface area contributed by atoms with E-state index in [1.165, 1.54) is 18.4 Å². The van der Waals surface area contributed by atoms with E-state index in [-0.39, 0.29) is 0 Å². The molecular weight excluding hydrogens is 250 g/mol. The summed E-state index contributed by atoms with van der Waals surface area (Å²) in [5.74, 6) is 1.59. The van der Waals surface area contributed by atoms with E-state index < -0.39 is 0 Å². The van der Waals surface area contributed by atoms with Crippen molar-refractivity contribution in [1.29, 1.82) is 0 Å². The molecule has 4 nitrogen and oxygen atoms in total. The van der Waals surface area contributed by atoms with Crippen LogP contribution in [0.4, 0.5) is 0 Å². The molecule has 0 amide bonds. The van der Waals surface area contributed by atoms with Crippen molar-refractivity contribution in [1.82, 2.24) is 15.3 Å². The van der Waals surface area contributed by atoms with Gasteiger partial charge in [-0.25, -0.2) is 9.97 Å². The number of nitrogens with one attached hydrogen (secondary N) is 1. The standard InChI is InChI=1S/C16H19N3O/c1-20-16-4-2-3-12(9-16)13-7-15(8-13)18-10-14-5-6-17-11-19-14/h2-6,9,11,13,15,18H,7-8,10H2,1H3. The van der Waals surface area contributed by atoms with Crippen LogP contribution in [0.25, 0.3) is 0 Å². The van der Waals surface area contributed by atoms with Crippen LogP contribution in [0.5, 0.6) is 5.75 Å². The van der Waals surface area contributed by atoms with Gasteiger partial charge in [0, 0.05) is 18.8 Å². The molecule has 0 atom stereocenters. The Kier molecular flexibility index (Phi) is 3.92. The van der Waals surface area contributed by atoms with Crippen LogP contribution in [0.3, 0.4) is 0 Å². The Balaban J connectivity index is 1.49. The second-order valence-corrected chi connectivity index (χ2v) is 5.22. The molecule has 1 saturated carbocycles. The predicted octanol–water partition coefficient (Wildman–Crippen LogP) is 2.52. The van der Waals surface area contributed by atoms with E-state index >= 15 is 0 Å². The first-order valence-corrected chi connectivity index (χ1v) is 6.97. The predicted molar refractivity (Wildman–Crippen MR) is 77.6 cm³/mol. The minimum atomic E-state index is 0.584. The Morgan fingerprint density at radius 2 is 2.20 bits per heavy atom. The summed E-state index contributed by atoms with van der Waals surface area (Å²) in [6.45, 7) is 0.817. The minimum absolute atomic E-state index is 0.584. The summed E-state index contributed by atoms with van der Waals surface area (Å²) in [6.07, 6.45) is 5.73. The Hall–Kier alpha value is -1.94. The molecule has 0 aliphatic heterocycles. The molecule has 2 aromatic rings. The summed E-state index contributed by atoms with van der Waals surface area (Å²) in [7, 11) is 1.71. The molecule has 1 heterocycles. The third-order valence-corrected chi connectivity index (χ3v) is 3.92. The smallest absolute Gasteiger partial charge is 0.119 e. The molecule has 0 spiro atoms. The zero-order valence-corrected chi connectivity index (χ0v) is 11.6. The molecule has 0 unspecified atom stereocenters. The van der Waals surface area contributed by atoms with Crippen molar-refractivity contribution in [2.24, 2.45) is 0 Å².